The van der Waals surface area contributed by atoms with Gasteiger partial charge in [0.25, 0.3) is 6.48 Å². The molecule has 0 bridgehead atoms. The molecular weight excluding hydrogens is 482 g/mol. The van der Waals surface area contributed by atoms with E-state index < -0.39 is 6.48 Å². The Hall–Kier alpha value is 1.34. The summed E-state index contributed by atoms with van der Waals surface area (Å²) in [6, 6.07) is 0. The average molecular weight is 523 g/mol. The van der Waals surface area contributed by atoms with Crippen LogP contribution in [0.3, 0.4) is 0 Å². The Balaban J connectivity index is -0.0000000813. The third-order valence-electron chi connectivity index (χ3n) is 2.42. The second kappa shape index (κ2) is 33.9. The van der Waals surface area contributed by atoms with Gasteiger partial charge in [-0.1, -0.05) is 0 Å². The van der Waals surface area contributed by atoms with Crippen LogP contribution in [0, 0.1) is 0 Å². The van der Waals surface area contributed by atoms with Crippen molar-refractivity contribution in [2.24, 2.45) is 0 Å². The number of aliphatic hydroxyl groups is 3. The van der Waals surface area contributed by atoms with Crippen molar-refractivity contribution in [1.82, 2.24) is 19.6 Å². The van der Waals surface area contributed by atoms with Crippen LogP contribution in [-0.4, -0.2) is 124 Å². The van der Waals surface area contributed by atoms with Crippen LogP contribution in [0.2, 0.25) is 0 Å². The zero-order valence-corrected chi connectivity index (χ0v) is 20.7. The molecule has 0 fully saturated rings. The van der Waals surface area contributed by atoms with E-state index in [9.17, 15) is 0 Å². The van der Waals surface area contributed by atoms with Crippen molar-refractivity contribution in [2.45, 2.75) is 19.3 Å². The second-order valence-corrected chi connectivity index (χ2v) is 6.27. The van der Waals surface area contributed by atoms with Crippen LogP contribution in [0.15, 0.2) is 0 Å². The summed E-state index contributed by atoms with van der Waals surface area (Å²) in [7, 11) is 25.3. The fourth-order valence-electron chi connectivity index (χ4n) is 1.41. The molecule has 0 aromatic heterocycles. The number of hydrogen-bond acceptors (Lipinski definition) is 7. The van der Waals surface area contributed by atoms with Crippen LogP contribution in [0.4, 0.5) is 0 Å². The fourth-order valence-corrected chi connectivity index (χ4v) is 1.41. The molecule has 0 heterocycles. The maximum atomic E-state index is 7.17. The Labute approximate surface area is 186 Å². The summed E-state index contributed by atoms with van der Waals surface area (Å²) in [5.41, 5.74) is 0. The van der Waals surface area contributed by atoms with Crippen molar-refractivity contribution in [3.05, 3.63) is 0 Å². The minimum atomic E-state index is -2.17. The number of aliphatic hydroxyl groups excluding tert-OH is 1. The minimum absolute atomic E-state index is 1.19. The van der Waals surface area contributed by atoms with Crippen molar-refractivity contribution in [3.63, 3.8) is 0 Å². The molecule has 11 heteroatoms. The van der Waals surface area contributed by atoms with Gasteiger partial charge in [-0.3, -0.25) is 0 Å². The molecule has 0 aliphatic carbocycles. The van der Waals surface area contributed by atoms with Gasteiger partial charge in [-0.2, -0.15) is 0 Å². The predicted octanol–water partition coefficient (Wildman–Crippen LogP) is 0.620. The van der Waals surface area contributed by atoms with E-state index in [0.717, 1.165) is 0 Å². The summed E-state index contributed by atoms with van der Waals surface area (Å²) in [6.45, 7) is 2.60. The quantitative estimate of drug-likeness (QED) is 0.319. The van der Waals surface area contributed by atoms with Gasteiger partial charge < -0.3 is 34.9 Å². The topological polar surface area (TPSA) is 73.7 Å². The second-order valence-electron chi connectivity index (χ2n) is 6.27. The Kier molecular flexibility index (Phi) is 49.5. The third-order valence-corrected chi connectivity index (χ3v) is 2.42. The van der Waals surface area contributed by atoms with Crippen LogP contribution in [0.1, 0.15) is 12.8 Å². The molecule has 0 saturated carbocycles. The van der Waals surface area contributed by atoms with Crippen molar-refractivity contribution in [1.29, 1.82) is 0 Å². The maximum absolute atomic E-state index is 7.17. The van der Waals surface area contributed by atoms with Crippen molar-refractivity contribution in [2.75, 3.05) is 82.6 Å². The standard InChI is InChI=1S/2C7H18N2.CH4O3.2ClH.2Cu/c2*1-8(2)6-5-7-9(3)4;2-1(3)4;;;;/h2*5-7H2,1-4H3;1-4H;2*1H;;/q;;;;;2*+1/p-2. The molecule has 0 saturated heterocycles. The molecule has 0 aliphatic rings. The summed E-state index contributed by atoms with van der Waals surface area (Å²) >= 11 is 7.32. The van der Waals surface area contributed by atoms with E-state index in [4.69, 9.17) is 15.3 Å². The van der Waals surface area contributed by atoms with Crippen LogP contribution in [-0.2, 0) is 30.2 Å². The first kappa shape index (κ1) is 38.0. The van der Waals surface area contributed by atoms with Gasteiger partial charge in [0.2, 0.25) is 0 Å². The molecule has 174 valence electrons. The number of halogens is 2. The third kappa shape index (κ3) is 84.4. The summed E-state index contributed by atoms with van der Waals surface area (Å²) < 4.78 is 0. The predicted molar refractivity (Wildman–Crippen MR) is 106 cm³/mol. The monoisotopic (exact) mass is 520 g/mol. The van der Waals surface area contributed by atoms with Gasteiger partial charge in [0, 0.05) is 0 Å². The van der Waals surface area contributed by atoms with Crippen LogP contribution in [0.25, 0.3) is 0 Å². The van der Waals surface area contributed by atoms with E-state index >= 15 is 0 Å². The van der Waals surface area contributed by atoms with Gasteiger partial charge >= 0.3 is 50.4 Å². The van der Waals surface area contributed by atoms with Gasteiger partial charge in [0.1, 0.15) is 0 Å². The van der Waals surface area contributed by atoms with Crippen LogP contribution in [0.5, 0.6) is 0 Å². The molecule has 0 aromatic carbocycles. The van der Waals surface area contributed by atoms with Gasteiger partial charge in [0.05, 0.1) is 0 Å². The molecule has 3 N–H and O–H groups in total. The van der Waals surface area contributed by atoms with Crippen molar-refractivity contribution >= 4 is 20.2 Å². The number of rotatable bonds is 8. The fraction of sp³-hybridized carbons (Fsp3) is 1.00. The van der Waals surface area contributed by atoms with E-state index in [1.54, 1.807) is 0 Å². The normalized spacial score (nSPS) is 9.77. The molecule has 0 spiro atoms. The first-order valence-electron chi connectivity index (χ1n) is 7.85. The van der Waals surface area contributed by atoms with E-state index in [1.165, 1.54) is 39.0 Å². The molecule has 7 nitrogen and oxygen atoms in total. The molecule has 0 rings (SSSR count). The van der Waals surface area contributed by atoms with E-state index in [1.807, 2.05) is 0 Å². The average Bonchev–Trinajstić information content (AvgIpc) is 2.50. The van der Waals surface area contributed by atoms with Gasteiger partial charge in [-0.25, -0.2) is 0 Å². The molecule has 0 amide bonds. The SMILES string of the molecule is CN(C)CCCN(C)C.CN(C)CCCN(C)C.OC(O)O.[Cl][Cu].[Cl][Cu]. The van der Waals surface area contributed by atoms with Gasteiger partial charge in [0.15, 0.2) is 0 Å². The van der Waals surface area contributed by atoms with Crippen molar-refractivity contribution in [3.8, 4) is 0 Å². The van der Waals surface area contributed by atoms with Crippen LogP contribution >= 0.6 is 20.2 Å². The number of hydrogen-bond donors (Lipinski definition) is 3. The summed E-state index contributed by atoms with van der Waals surface area (Å²) in [5.74, 6) is 0. The summed E-state index contributed by atoms with van der Waals surface area (Å²) in [4.78, 5) is 8.85. The first-order chi connectivity index (χ1) is 12.0. The zero-order chi connectivity index (χ0) is 22.1. The Morgan fingerprint density at radius 3 is 0.731 bits per heavy atom. The number of nitrogens with zero attached hydrogens (tertiary/aromatic N) is 4. The van der Waals surface area contributed by atoms with E-state index in [2.05, 4.69) is 126 Å². The van der Waals surface area contributed by atoms with Gasteiger partial charge in [-0.05, 0) is 95.4 Å². The summed E-state index contributed by atoms with van der Waals surface area (Å²) in [5, 5.41) is 21.5. The molecule has 0 unspecified atom stereocenters. The Bertz CT molecular complexity index is 185. The van der Waals surface area contributed by atoms with Crippen molar-refractivity contribution < 1.29 is 45.5 Å². The molecule has 0 atom stereocenters. The van der Waals surface area contributed by atoms with Gasteiger partial charge in [-0.15, -0.1) is 0 Å². The summed E-state index contributed by atoms with van der Waals surface area (Å²) in [6.07, 6.45) is 2.53. The molecule has 0 aliphatic heterocycles. The van der Waals surface area contributed by atoms with Crippen LogP contribution < -0.4 is 0 Å². The Morgan fingerprint density at radius 1 is 0.538 bits per heavy atom. The molecule has 0 aromatic rings. The first-order valence-corrected chi connectivity index (χ1v) is 10.4. The molecular formula is C15H40Cl2Cu2N4O3. The molecule has 0 radical (unpaired) electrons. The zero-order valence-electron chi connectivity index (χ0n) is 17.3. The Morgan fingerprint density at radius 2 is 0.654 bits per heavy atom. The van der Waals surface area contributed by atoms with E-state index in [0.29, 0.717) is 0 Å². The van der Waals surface area contributed by atoms with E-state index in [-0.39, 0.29) is 0 Å². The molecule has 26 heavy (non-hydrogen) atoms.